The quantitative estimate of drug-likeness (QED) is 0.455. The second-order valence-corrected chi connectivity index (χ2v) is 1.46. The zero-order valence-electron chi connectivity index (χ0n) is 7.07. The van der Waals surface area contributed by atoms with Gasteiger partial charge in [-0.05, 0) is 26.9 Å². The number of nitrogens with one attached hydrogen (secondary N) is 1. The fourth-order valence-corrected chi connectivity index (χ4v) is 0.394. The Balaban J connectivity index is 0. The van der Waals surface area contributed by atoms with Crippen molar-refractivity contribution >= 4 is 0 Å². The van der Waals surface area contributed by atoms with Gasteiger partial charge in [0.25, 0.3) is 0 Å². The third-order valence-electron chi connectivity index (χ3n) is 0.797. The molecule has 0 aromatic carbocycles. The standard InChI is InChI=1S/C6H13N.C2H6/c1-3-4-5-6-7-2;1-2/h3-4,7H,5-6H2,1-2H3;1-2H3/b4-3-;. The van der Waals surface area contributed by atoms with Crippen LogP contribution in [-0.4, -0.2) is 13.6 Å². The second kappa shape index (κ2) is 15.6. The predicted molar refractivity (Wildman–Crippen MR) is 44.7 cm³/mol. The van der Waals surface area contributed by atoms with Gasteiger partial charge in [-0.2, -0.15) is 0 Å². The van der Waals surface area contributed by atoms with Crippen LogP contribution in [0.4, 0.5) is 0 Å². The smallest absolute Gasteiger partial charge is 0.00173 e. The molecule has 56 valence electrons. The van der Waals surface area contributed by atoms with Gasteiger partial charge in [-0.15, -0.1) is 0 Å². The zero-order chi connectivity index (χ0) is 7.54. The zero-order valence-corrected chi connectivity index (χ0v) is 7.07. The molecule has 0 aliphatic rings. The van der Waals surface area contributed by atoms with E-state index in [-0.39, 0.29) is 0 Å². The summed E-state index contributed by atoms with van der Waals surface area (Å²) in [5.41, 5.74) is 0. The van der Waals surface area contributed by atoms with Crippen LogP contribution in [0.15, 0.2) is 12.2 Å². The minimum absolute atomic E-state index is 1.09. The molecule has 0 saturated heterocycles. The van der Waals surface area contributed by atoms with Gasteiger partial charge in [0, 0.05) is 0 Å². The van der Waals surface area contributed by atoms with Crippen LogP contribution in [-0.2, 0) is 0 Å². The molecule has 0 spiro atoms. The van der Waals surface area contributed by atoms with Gasteiger partial charge in [-0.25, -0.2) is 0 Å². The average molecular weight is 129 g/mol. The van der Waals surface area contributed by atoms with Crippen LogP contribution in [0, 0.1) is 0 Å². The van der Waals surface area contributed by atoms with Crippen LogP contribution in [0.3, 0.4) is 0 Å². The maximum atomic E-state index is 3.05. The van der Waals surface area contributed by atoms with E-state index in [9.17, 15) is 0 Å². The van der Waals surface area contributed by atoms with Crippen molar-refractivity contribution in [3.05, 3.63) is 12.2 Å². The normalized spacial score (nSPS) is 8.89. The van der Waals surface area contributed by atoms with E-state index >= 15 is 0 Å². The largest absolute Gasteiger partial charge is 0.319 e. The summed E-state index contributed by atoms with van der Waals surface area (Å²) in [4.78, 5) is 0. The molecule has 1 N–H and O–H groups in total. The van der Waals surface area contributed by atoms with Gasteiger partial charge in [0.15, 0.2) is 0 Å². The van der Waals surface area contributed by atoms with E-state index in [2.05, 4.69) is 17.5 Å². The SMILES string of the molecule is C/C=C\CCNC.CC. The van der Waals surface area contributed by atoms with Crippen LogP contribution >= 0.6 is 0 Å². The van der Waals surface area contributed by atoms with Gasteiger partial charge in [0.2, 0.25) is 0 Å². The lowest BCUT2D eigenvalue weighted by Crippen LogP contribution is -2.05. The van der Waals surface area contributed by atoms with Crippen molar-refractivity contribution in [1.82, 2.24) is 5.32 Å². The Kier molecular flexibility index (Phi) is 20.0. The highest BCUT2D eigenvalue weighted by molar-refractivity contribution is 4.76. The summed E-state index contributed by atoms with van der Waals surface area (Å²) in [6.07, 6.45) is 5.36. The highest BCUT2D eigenvalue weighted by Crippen LogP contribution is 1.76. The van der Waals surface area contributed by atoms with Crippen molar-refractivity contribution in [2.45, 2.75) is 27.2 Å². The first-order valence-electron chi connectivity index (χ1n) is 3.67. The molecule has 0 radical (unpaired) electrons. The third-order valence-corrected chi connectivity index (χ3v) is 0.797. The van der Waals surface area contributed by atoms with Crippen molar-refractivity contribution in [3.63, 3.8) is 0 Å². The van der Waals surface area contributed by atoms with E-state index < -0.39 is 0 Å². The highest BCUT2D eigenvalue weighted by atomic mass is 14.8. The molecule has 0 aliphatic heterocycles. The van der Waals surface area contributed by atoms with Gasteiger partial charge in [-0.1, -0.05) is 26.0 Å². The summed E-state index contributed by atoms with van der Waals surface area (Å²) in [6.45, 7) is 7.12. The molecule has 0 heterocycles. The molecular formula is C8H19N. The van der Waals surface area contributed by atoms with E-state index in [1.165, 1.54) is 0 Å². The maximum Gasteiger partial charge on any atom is -0.00173 e. The lowest BCUT2D eigenvalue weighted by Gasteiger charge is -1.87. The lowest BCUT2D eigenvalue weighted by atomic mass is 10.4. The molecule has 0 fully saturated rings. The first-order chi connectivity index (χ1) is 4.41. The number of hydrogen-bond acceptors (Lipinski definition) is 1. The van der Waals surface area contributed by atoms with Gasteiger partial charge in [0.05, 0.1) is 0 Å². The van der Waals surface area contributed by atoms with Gasteiger partial charge in [-0.3, -0.25) is 0 Å². The molecule has 1 nitrogen and oxygen atoms in total. The predicted octanol–water partition coefficient (Wildman–Crippen LogP) is 2.20. The topological polar surface area (TPSA) is 12.0 Å². The molecule has 0 saturated carbocycles. The van der Waals surface area contributed by atoms with Crippen LogP contribution in [0.25, 0.3) is 0 Å². The molecule has 0 rings (SSSR count). The summed E-state index contributed by atoms with van der Waals surface area (Å²) in [6, 6.07) is 0. The van der Waals surface area contributed by atoms with Crippen molar-refractivity contribution in [2.75, 3.05) is 13.6 Å². The minimum Gasteiger partial charge on any atom is -0.319 e. The first-order valence-corrected chi connectivity index (χ1v) is 3.67. The van der Waals surface area contributed by atoms with Crippen LogP contribution in [0.5, 0.6) is 0 Å². The molecule has 0 unspecified atom stereocenters. The monoisotopic (exact) mass is 129 g/mol. The van der Waals surface area contributed by atoms with Crippen molar-refractivity contribution in [1.29, 1.82) is 0 Å². The Morgan fingerprint density at radius 2 is 1.89 bits per heavy atom. The fourth-order valence-electron chi connectivity index (χ4n) is 0.394. The Morgan fingerprint density at radius 3 is 2.22 bits per heavy atom. The fraction of sp³-hybridized carbons (Fsp3) is 0.750. The highest BCUT2D eigenvalue weighted by Gasteiger charge is 1.70. The van der Waals surface area contributed by atoms with Crippen molar-refractivity contribution in [3.8, 4) is 0 Å². The van der Waals surface area contributed by atoms with E-state index in [1.54, 1.807) is 0 Å². The van der Waals surface area contributed by atoms with Gasteiger partial charge >= 0.3 is 0 Å². The molecule has 0 aliphatic carbocycles. The molecular weight excluding hydrogens is 110 g/mol. The average Bonchev–Trinajstić information content (AvgIpc) is 1.94. The number of hydrogen-bond donors (Lipinski definition) is 1. The maximum absolute atomic E-state index is 3.05. The van der Waals surface area contributed by atoms with Gasteiger partial charge in [0.1, 0.15) is 0 Å². The summed E-state index contributed by atoms with van der Waals surface area (Å²) in [5, 5.41) is 3.05. The molecule has 0 amide bonds. The molecule has 0 atom stereocenters. The Hall–Kier alpha value is -0.300. The summed E-state index contributed by atoms with van der Waals surface area (Å²) in [7, 11) is 1.96. The molecule has 9 heavy (non-hydrogen) atoms. The van der Waals surface area contributed by atoms with Gasteiger partial charge < -0.3 is 5.32 Å². The summed E-state index contributed by atoms with van der Waals surface area (Å²) in [5.74, 6) is 0. The van der Waals surface area contributed by atoms with Crippen LogP contribution in [0.1, 0.15) is 27.2 Å². The summed E-state index contributed by atoms with van der Waals surface area (Å²) < 4.78 is 0. The molecule has 1 heteroatoms. The Morgan fingerprint density at radius 1 is 1.33 bits per heavy atom. The van der Waals surface area contributed by atoms with Crippen LogP contribution < -0.4 is 5.32 Å². The molecule has 0 bridgehead atoms. The Bertz CT molecular complexity index is 48.5. The van der Waals surface area contributed by atoms with Crippen molar-refractivity contribution in [2.24, 2.45) is 0 Å². The van der Waals surface area contributed by atoms with E-state index in [0.717, 1.165) is 13.0 Å². The van der Waals surface area contributed by atoms with Crippen molar-refractivity contribution < 1.29 is 0 Å². The van der Waals surface area contributed by atoms with E-state index in [0.29, 0.717) is 0 Å². The minimum atomic E-state index is 1.09. The van der Waals surface area contributed by atoms with E-state index in [4.69, 9.17) is 0 Å². The molecule has 0 aromatic heterocycles. The van der Waals surface area contributed by atoms with E-state index in [1.807, 2.05) is 27.8 Å². The Labute approximate surface area is 59.2 Å². The lowest BCUT2D eigenvalue weighted by molar-refractivity contribution is 0.807. The second-order valence-electron chi connectivity index (χ2n) is 1.46. The summed E-state index contributed by atoms with van der Waals surface area (Å²) >= 11 is 0. The number of rotatable bonds is 3. The van der Waals surface area contributed by atoms with Crippen LogP contribution in [0.2, 0.25) is 0 Å². The molecule has 0 aromatic rings. The number of allylic oxidation sites excluding steroid dienone is 1. The third kappa shape index (κ3) is 18.3. The first kappa shape index (κ1) is 11.5.